The third-order valence-corrected chi connectivity index (χ3v) is 5.15. The number of nitrogens with one attached hydrogen (secondary N) is 1. The summed E-state index contributed by atoms with van der Waals surface area (Å²) < 4.78 is 9.66. The van der Waals surface area contributed by atoms with Crippen molar-refractivity contribution in [1.29, 1.82) is 0 Å². The maximum absolute atomic E-state index is 12.3. The van der Waals surface area contributed by atoms with E-state index in [2.05, 4.69) is 10.1 Å². The molecule has 1 atom stereocenters. The summed E-state index contributed by atoms with van der Waals surface area (Å²) in [5.41, 5.74) is 1.18. The van der Waals surface area contributed by atoms with Crippen molar-refractivity contribution in [2.75, 3.05) is 30.5 Å². The van der Waals surface area contributed by atoms with Crippen LogP contribution in [-0.4, -0.2) is 44.0 Å². The molecule has 31 heavy (non-hydrogen) atoms. The molecule has 10 heteroatoms. The van der Waals surface area contributed by atoms with Crippen LogP contribution in [0.25, 0.3) is 0 Å². The van der Waals surface area contributed by atoms with Crippen molar-refractivity contribution in [3.05, 3.63) is 58.1 Å². The number of rotatable bonds is 6. The van der Waals surface area contributed by atoms with Crippen LogP contribution in [0, 0.1) is 5.92 Å². The molecular formula is C21H18Cl2N2O6. The van der Waals surface area contributed by atoms with E-state index in [1.54, 1.807) is 18.2 Å². The highest BCUT2D eigenvalue weighted by Crippen LogP contribution is 2.33. The maximum atomic E-state index is 12.3. The van der Waals surface area contributed by atoms with E-state index in [9.17, 15) is 19.2 Å². The lowest BCUT2D eigenvalue weighted by molar-refractivity contribution is -0.151. The Morgan fingerprint density at radius 3 is 2.52 bits per heavy atom. The van der Waals surface area contributed by atoms with Crippen LogP contribution in [-0.2, 0) is 23.9 Å². The predicted molar refractivity (Wildman–Crippen MR) is 114 cm³/mol. The Labute approximate surface area is 188 Å². The summed E-state index contributed by atoms with van der Waals surface area (Å²) >= 11 is 12.1. The van der Waals surface area contributed by atoms with Gasteiger partial charge < -0.3 is 19.7 Å². The number of nitrogens with zero attached hydrogens (tertiary/aromatic N) is 1. The summed E-state index contributed by atoms with van der Waals surface area (Å²) in [6.45, 7) is -0.436. The molecule has 2 aromatic carbocycles. The first kappa shape index (κ1) is 22.6. The number of halogens is 2. The second-order valence-electron chi connectivity index (χ2n) is 6.73. The van der Waals surface area contributed by atoms with Gasteiger partial charge in [-0.05, 0) is 42.5 Å². The first-order chi connectivity index (χ1) is 14.8. The van der Waals surface area contributed by atoms with Gasteiger partial charge in [-0.25, -0.2) is 4.79 Å². The van der Waals surface area contributed by atoms with Gasteiger partial charge in [-0.3, -0.25) is 14.4 Å². The molecule has 0 spiro atoms. The molecule has 162 valence electrons. The minimum Gasteiger partial charge on any atom is -0.465 e. The first-order valence-electron chi connectivity index (χ1n) is 9.18. The smallest absolute Gasteiger partial charge is 0.337 e. The molecule has 1 fully saturated rings. The summed E-state index contributed by atoms with van der Waals surface area (Å²) in [5.74, 6) is -2.73. The van der Waals surface area contributed by atoms with E-state index in [-0.39, 0.29) is 18.9 Å². The van der Waals surface area contributed by atoms with E-state index >= 15 is 0 Å². The molecule has 0 bridgehead atoms. The normalized spacial score (nSPS) is 15.5. The van der Waals surface area contributed by atoms with Crippen molar-refractivity contribution in [3.8, 4) is 0 Å². The van der Waals surface area contributed by atoms with E-state index in [1.165, 1.54) is 36.3 Å². The van der Waals surface area contributed by atoms with Crippen LogP contribution in [0.1, 0.15) is 16.8 Å². The highest BCUT2D eigenvalue weighted by molar-refractivity contribution is 6.35. The molecule has 0 aromatic heterocycles. The van der Waals surface area contributed by atoms with Gasteiger partial charge >= 0.3 is 11.9 Å². The number of hydrogen-bond acceptors (Lipinski definition) is 6. The number of anilines is 2. The molecule has 0 saturated carbocycles. The number of ether oxygens (including phenoxy) is 2. The zero-order valence-corrected chi connectivity index (χ0v) is 17.9. The second kappa shape index (κ2) is 9.80. The Morgan fingerprint density at radius 2 is 1.84 bits per heavy atom. The van der Waals surface area contributed by atoms with Crippen molar-refractivity contribution >= 4 is 58.3 Å². The zero-order valence-electron chi connectivity index (χ0n) is 16.4. The van der Waals surface area contributed by atoms with Crippen LogP contribution in [0.15, 0.2) is 42.5 Å². The predicted octanol–water partition coefficient (Wildman–Crippen LogP) is 3.31. The average Bonchev–Trinajstić information content (AvgIpc) is 3.15. The summed E-state index contributed by atoms with van der Waals surface area (Å²) in [6.07, 6.45) is -0.0573. The van der Waals surface area contributed by atoms with E-state index in [4.69, 9.17) is 27.9 Å². The number of methoxy groups -OCH3 is 1. The molecule has 1 N–H and O–H groups in total. The number of hydrogen-bond donors (Lipinski definition) is 1. The van der Waals surface area contributed by atoms with Crippen LogP contribution >= 0.6 is 23.2 Å². The van der Waals surface area contributed by atoms with Crippen LogP contribution < -0.4 is 10.2 Å². The molecule has 2 aromatic rings. The van der Waals surface area contributed by atoms with Crippen molar-refractivity contribution in [2.45, 2.75) is 6.42 Å². The molecule has 1 heterocycles. The third-order valence-electron chi connectivity index (χ3n) is 4.59. The minimum atomic E-state index is -0.727. The molecule has 3 rings (SSSR count). The fraction of sp³-hybridized carbons (Fsp3) is 0.238. The standard InChI is InChI=1S/C21H18Cl2N2O6/c1-30-20(28)12-2-5-15(6-3-12)24-18(26)11-31-21(29)13-8-19(27)25(10-13)17-9-14(22)4-7-16(17)23/h2-7,9,13H,8,10-11H2,1H3,(H,24,26)/t13-/m1/s1. The highest BCUT2D eigenvalue weighted by atomic mass is 35.5. The summed E-state index contributed by atoms with van der Waals surface area (Å²) in [6, 6.07) is 10.7. The van der Waals surface area contributed by atoms with Gasteiger partial charge in [0.2, 0.25) is 5.91 Å². The van der Waals surface area contributed by atoms with Crippen LogP contribution in [0.5, 0.6) is 0 Å². The molecular weight excluding hydrogens is 447 g/mol. The van der Waals surface area contributed by atoms with Gasteiger partial charge in [0.1, 0.15) is 0 Å². The Morgan fingerprint density at radius 1 is 1.13 bits per heavy atom. The molecule has 2 amide bonds. The zero-order chi connectivity index (χ0) is 22.5. The number of carbonyl (C=O) groups excluding carboxylic acids is 4. The quantitative estimate of drug-likeness (QED) is 0.657. The number of amides is 2. The maximum Gasteiger partial charge on any atom is 0.337 e. The summed E-state index contributed by atoms with van der Waals surface area (Å²) in [4.78, 5) is 49.5. The number of esters is 2. The molecule has 1 saturated heterocycles. The van der Waals surface area contributed by atoms with Crippen molar-refractivity contribution < 1.29 is 28.7 Å². The molecule has 0 unspecified atom stereocenters. The number of carbonyl (C=O) groups is 4. The van der Waals surface area contributed by atoms with Gasteiger partial charge in [0, 0.05) is 23.7 Å². The Hall–Kier alpha value is -3.10. The van der Waals surface area contributed by atoms with Gasteiger partial charge in [0.05, 0.1) is 29.3 Å². The molecule has 8 nitrogen and oxygen atoms in total. The molecule has 1 aliphatic heterocycles. The van der Waals surface area contributed by atoms with Gasteiger partial charge in [-0.2, -0.15) is 0 Å². The first-order valence-corrected chi connectivity index (χ1v) is 9.94. The van der Waals surface area contributed by atoms with Crippen LogP contribution in [0.3, 0.4) is 0 Å². The Balaban J connectivity index is 1.52. The van der Waals surface area contributed by atoms with Gasteiger partial charge in [0.25, 0.3) is 5.91 Å². The summed E-state index contributed by atoms with van der Waals surface area (Å²) in [5, 5.41) is 3.30. The molecule has 0 radical (unpaired) electrons. The lowest BCUT2D eigenvalue weighted by Crippen LogP contribution is -2.28. The van der Waals surface area contributed by atoms with Crippen molar-refractivity contribution in [1.82, 2.24) is 0 Å². The van der Waals surface area contributed by atoms with Gasteiger partial charge in [-0.1, -0.05) is 23.2 Å². The monoisotopic (exact) mass is 464 g/mol. The van der Waals surface area contributed by atoms with E-state index in [0.717, 1.165) is 0 Å². The second-order valence-corrected chi connectivity index (χ2v) is 7.57. The highest BCUT2D eigenvalue weighted by Gasteiger charge is 2.37. The van der Waals surface area contributed by atoms with E-state index in [1.807, 2.05) is 0 Å². The van der Waals surface area contributed by atoms with Gasteiger partial charge in [-0.15, -0.1) is 0 Å². The van der Waals surface area contributed by atoms with E-state index < -0.39 is 30.4 Å². The van der Waals surface area contributed by atoms with Crippen molar-refractivity contribution in [3.63, 3.8) is 0 Å². The average molecular weight is 465 g/mol. The molecule has 1 aliphatic rings. The largest absolute Gasteiger partial charge is 0.465 e. The van der Waals surface area contributed by atoms with Crippen LogP contribution in [0.2, 0.25) is 10.0 Å². The SMILES string of the molecule is COC(=O)c1ccc(NC(=O)COC(=O)[C@@H]2CC(=O)N(c3cc(Cl)ccc3Cl)C2)cc1. The summed E-state index contributed by atoms with van der Waals surface area (Å²) in [7, 11) is 1.27. The lowest BCUT2D eigenvalue weighted by atomic mass is 10.1. The fourth-order valence-corrected chi connectivity index (χ4v) is 3.44. The number of benzene rings is 2. The molecule has 0 aliphatic carbocycles. The van der Waals surface area contributed by atoms with Gasteiger partial charge in [0.15, 0.2) is 6.61 Å². The lowest BCUT2D eigenvalue weighted by Gasteiger charge is -2.18. The topological polar surface area (TPSA) is 102 Å². The van der Waals surface area contributed by atoms with Crippen LogP contribution in [0.4, 0.5) is 11.4 Å². The Kier molecular flexibility index (Phi) is 7.14. The fourth-order valence-electron chi connectivity index (χ4n) is 3.05. The Bertz CT molecular complexity index is 1030. The minimum absolute atomic E-state index is 0.0573. The third kappa shape index (κ3) is 5.53. The van der Waals surface area contributed by atoms with E-state index in [0.29, 0.717) is 27.0 Å². The van der Waals surface area contributed by atoms with Crippen molar-refractivity contribution in [2.24, 2.45) is 5.92 Å².